The highest BCUT2D eigenvalue weighted by Gasteiger charge is 2.19. The van der Waals surface area contributed by atoms with Gasteiger partial charge in [-0.2, -0.15) is 0 Å². The van der Waals surface area contributed by atoms with E-state index in [4.69, 9.17) is 12.6 Å². The number of rotatable bonds is 3. The molecule has 1 aliphatic rings. The Hall–Kier alpha value is -0.950. The van der Waals surface area contributed by atoms with Crippen LogP contribution in [-0.2, 0) is 11.8 Å². The second-order valence-corrected chi connectivity index (χ2v) is 7.48. The van der Waals surface area contributed by atoms with Gasteiger partial charge in [0.1, 0.15) is 0 Å². The van der Waals surface area contributed by atoms with Gasteiger partial charge in [0.05, 0.1) is 0 Å². The van der Waals surface area contributed by atoms with Gasteiger partial charge in [0.2, 0.25) is 0 Å². The Balaban J connectivity index is 2.54. The molecule has 0 bridgehead atoms. The minimum absolute atomic E-state index is 0.192. The van der Waals surface area contributed by atoms with Crippen molar-refractivity contribution in [2.75, 3.05) is 0 Å². The molecule has 114 valence electrons. The molecule has 0 N–H and O–H groups in total. The molecule has 2 rings (SSSR count). The average Bonchev–Trinajstić information content (AvgIpc) is 2.45. The van der Waals surface area contributed by atoms with E-state index in [1.807, 2.05) is 0 Å². The quantitative estimate of drug-likeness (QED) is 0.621. The Morgan fingerprint density at radius 1 is 1.05 bits per heavy atom. The SMILES string of the molecule is CCC1=CC(S)=C(c2cc(C(C)(C)C)ccc2CC)CC1. The van der Waals surface area contributed by atoms with Gasteiger partial charge in [0.15, 0.2) is 0 Å². The fourth-order valence-corrected chi connectivity index (χ4v) is 3.36. The molecule has 0 spiro atoms. The van der Waals surface area contributed by atoms with Gasteiger partial charge in [-0.3, -0.25) is 0 Å². The lowest BCUT2D eigenvalue weighted by molar-refractivity contribution is 0.589. The molecule has 0 amide bonds. The van der Waals surface area contributed by atoms with Crippen LogP contribution in [0.4, 0.5) is 0 Å². The van der Waals surface area contributed by atoms with E-state index in [1.54, 1.807) is 0 Å². The summed E-state index contributed by atoms with van der Waals surface area (Å²) < 4.78 is 0. The van der Waals surface area contributed by atoms with E-state index in [9.17, 15) is 0 Å². The van der Waals surface area contributed by atoms with Gasteiger partial charge >= 0.3 is 0 Å². The largest absolute Gasteiger partial charge is 0.143 e. The second-order valence-electron chi connectivity index (χ2n) is 7.00. The van der Waals surface area contributed by atoms with Gasteiger partial charge < -0.3 is 0 Å². The number of thiol groups is 1. The Bertz CT molecular complexity index is 582. The predicted octanol–water partition coefficient (Wildman–Crippen LogP) is 6.32. The lowest BCUT2D eigenvalue weighted by atomic mass is 9.82. The fourth-order valence-electron chi connectivity index (χ4n) is 2.95. The van der Waals surface area contributed by atoms with Crippen LogP contribution in [0, 0.1) is 0 Å². The minimum atomic E-state index is 0.192. The fraction of sp³-hybridized carbons (Fsp3) is 0.500. The van der Waals surface area contributed by atoms with Gasteiger partial charge in [-0.05, 0) is 59.4 Å². The van der Waals surface area contributed by atoms with Crippen LogP contribution in [0.25, 0.3) is 5.57 Å². The van der Waals surface area contributed by atoms with Crippen molar-refractivity contribution >= 4 is 18.2 Å². The molecule has 1 heteroatoms. The van der Waals surface area contributed by atoms with Crippen LogP contribution < -0.4 is 0 Å². The standard InChI is InChI=1S/C20H28S/c1-6-14-8-11-17(19(21)12-14)18-13-16(20(3,4)5)10-9-15(18)7-2/h9-10,12-13,21H,6-8,11H2,1-5H3. The second kappa shape index (κ2) is 6.44. The summed E-state index contributed by atoms with van der Waals surface area (Å²) in [4.78, 5) is 1.17. The first kappa shape index (κ1) is 16.4. The Labute approximate surface area is 135 Å². The van der Waals surface area contributed by atoms with Crippen LogP contribution in [0.5, 0.6) is 0 Å². The Morgan fingerprint density at radius 3 is 2.29 bits per heavy atom. The van der Waals surface area contributed by atoms with Crippen molar-refractivity contribution in [3.8, 4) is 0 Å². The van der Waals surface area contributed by atoms with Gasteiger partial charge in [0.25, 0.3) is 0 Å². The van der Waals surface area contributed by atoms with Crippen molar-refractivity contribution in [1.82, 2.24) is 0 Å². The highest BCUT2D eigenvalue weighted by atomic mass is 32.1. The summed E-state index contributed by atoms with van der Waals surface area (Å²) in [6, 6.07) is 7.00. The molecule has 1 aliphatic carbocycles. The summed E-state index contributed by atoms with van der Waals surface area (Å²) in [5.41, 5.74) is 7.41. The summed E-state index contributed by atoms with van der Waals surface area (Å²) in [5.74, 6) is 0. The van der Waals surface area contributed by atoms with Crippen molar-refractivity contribution in [3.05, 3.63) is 51.4 Å². The molecule has 0 atom stereocenters. The van der Waals surface area contributed by atoms with E-state index in [0.29, 0.717) is 0 Å². The van der Waals surface area contributed by atoms with Crippen LogP contribution in [0.3, 0.4) is 0 Å². The maximum atomic E-state index is 4.78. The number of aryl methyl sites for hydroxylation is 1. The van der Waals surface area contributed by atoms with Crippen LogP contribution in [0.2, 0.25) is 0 Å². The van der Waals surface area contributed by atoms with Crippen LogP contribution in [0.15, 0.2) is 34.8 Å². The lowest BCUT2D eigenvalue weighted by Crippen LogP contribution is -2.12. The molecule has 21 heavy (non-hydrogen) atoms. The van der Waals surface area contributed by atoms with E-state index < -0.39 is 0 Å². The molecule has 0 heterocycles. The van der Waals surface area contributed by atoms with Crippen molar-refractivity contribution in [2.45, 2.75) is 65.7 Å². The average molecular weight is 301 g/mol. The lowest BCUT2D eigenvalue weighted by Gasteiger charge is -2.24. The van der Waals surface area contributed by atoms with E-state index in [2.05, 4.69) is 58.9 Å². The Kier molecular flexibility index (Phi) is 5.03. The van der Waals surface area contributed by atoms with E-state index >= 15 is 0 Å². The third-order valence-corrected chi connectivity index (χ3v) is 4.88. The molecule has 0 fully saturated rings. The first-order chi connectivity index (χ1) is 9.86. The monoisotopic (exact) mass is 300 g/mol. The van der Waals surface area contributed by atoms with Crippen molar-refractivity contribution in [3.63, 3.8) is 0 Å². The third-order valence-electron chi connectivity index (χ3n) is 4.48. The van der Waals surface area contributed by atoms with Crippen molar-refractivity contribution in [1.29, 1.82) is 0 Å². The molecule has 0 aliphatic heterocycles. The van der Waals surface area contributed by atoms with Crippen molar-refractivity contribution < 1.29 is 0 Å². The number of benzene rings is 1. The molecule has 1 aromatic rings. The molecule has 0 saturated carbocycles. The van der Waals surface area contributed by atoms with E-state index in [-0.39, 0.29) is 5.41 Å². The molecule has 0 aromatic heterocycles. The molecule has 0 radical (unpaired) electrons. The number of allylic oxidation sites excluding steroid dienone is 3. The van der Waals surface area contributed by atoms with Crippen LogP contribution in [0.1, 0.15) is 70.6 Å². The maximum absolute atomic E-state index is 4.78. The van der Waals surface area contributed by atoms with E-state index in [0.717, 1.165) is 19.3 Å². The van der Waals surface area contributed by atoms with Crippen LogP contribution in [-0.4, -0.2) is 0 Å². The first-order valence-electron chi connectivity index (χ1n) is 8.12. The third kappa shape index (κ3) is 3.63. The summed E-state index contributed by atoms with van der Waals surface area (Å²) in [6.45, 7) is 11.3. The Morgan fingerprint density at radius 2 is 1.76 bits per heavy atom. The molecule has 1 aromatic carbocycles. The maximum Gasteiger partial charge on any atom is 0.00777 e. The zero-order valence-corrected chi connectivity index (χ0v) is 15.0. The van der Waals surface area contributed by atoms with E-state index in [1.165, 1.54) is 39.2 Å². The summed E-state index contributed by atoms with van der Waals surface area (Å²) in [6.07, 6.45) is 6.80. The topological polar surface area (TPSA) is 0 Å². The summed E-state index contributed by atoms with van der Waals surface area (Å²) >= 11 is 4.78. The summed E-state index contributed by atoms with van der Waals surface area (Å²) in [5, 5.41) is 0. The zero-order chi connectivity index (χ0) is 15.6. The molecular formula is C20H28S. The zero-order valence-electron chi connectivity index (χ0n) is 14.1. The first-order valence-corrected chi connectivity index (χ1v) is 8.56. The van der Waals surface area contributed by atoms with Crippen molar-refractivity contribution in [2.24, 2.45) is 0 Å². The van der Waals surface area contributed by atoms with Gasteiger partial charge in [-0.1, -0.05) is 58.4 Å². The minimum Gasteiger partial charge on any atom is -0.143 e. The normalized spacial score (nSPS) is 16.2. The summed E-state index contributed by atoms with van der Waals surface area (Å²) in [7, 11) is 0. The van der Waals surface area contributed by atoms with Gasteiger partial charge in [-0.15, -0.1) is 12.6 Å². The number of hydrogen-bond acceptors (Lipinski definition) is 1. The van der Waals surface area contributed by atoms with Gasteiger partial charge in [0, 0.05) is 4.91 Å². The molecule has 0 nitrogen and oxygen atoms in total. The highest BCUT2D eigenvalue weighted by molar-refractivity contribution is 7.85. The molecule has 0 saturated heterocycles. The highest BCUT2D eigenvalue weighted by Crippen LogP contribution is 2.37. The smallest absolute Gasteiger partial charge is 0.00777 e. The predicted molar refractivity (Wildman–Crippen MR) is 98.0 cm³/mol. The van der Waals surface area contributed by atoms with Gasteiger partial charge in [-0.25, -0.2) is 0 Å². The number of hydrogen-bond donors (Lipinski definition) is 1. The molecular weight excluding hydrogens is 272 g/mol. The molecule has 0 unspecified atom stereocenters. The van der Waals surface area contributed by atoms with Crippen LogP contribution >= 0.6 is 12.6 Å².